The molecule has 1 rings (SSSR count). The lowest BCUT2D eigenvalue weighted by atomic mass is 10.4. The Bertz CT molecular complexity index is 199. The monoisotopic (exact) mass is 232 g/mol. The van der Waals surface area contributed by atoms with Gasteiger partial charge in [0.25, 0.3) is 0 Å². The zero-order valence-corrected chi connectivity index (χ0v) is 10.8. The molecule has 0 atom stereocenters. The first-order chi connectivity index (χ1) is 4.83. The summed E-state index contributed by atoms with van der Waals surface area (Å²) in [5.74, 6) is 0. The standard InChI is InChI=1S/C6H9BrOSi2/c7-5-1-3-6(4-2-5)10-8-9/h1-4H,10H2,9H3. The second-order valence-electron chi connectivity index (χ2n) is 2.06. The van der Waals surface area contributed by atoms with Gasteiger partial charge in [0, 0.05) is 4.47 Å². The van der Waals surface area contributed by atoms with E-state index in [9.17, 15) is 0 Å². The van der Waals surface area contributed by atoms with Gasteiger partial charge in [0.2, 0.25) is 0 Å². The first kappa shape index (κ1) is 8.19. The minimum absolute atomic E-state index is 0.376. The highest BCUT2D eigenvalue weighted by Crippen LogP contribution is 2.04. The summed E-state index contributed by atoms with van der Waals surface area (Å²) in [6, 6.07) is 8.36. The topological polar surface area (TPSA) is 9.23 Å². The van der Waals surface area contributed by atoms with Crippen LogP contribution >= 0.6 is 15.9 Å². The fourth-order valence-electron chi connectivity index (χ4n) is 0.747. The van der Waals surface area contributed by atoms with Gasteiger partial charge in [-0.2, -0.15) is 0 Å². The molecular formula is C6H9BrOSi2. The fraction of sp³-hybridized carbons (Fsp3) is 0. The van der Waals surface area contributed by atoms with Crippen LogP contribution in [0.2, 0.25) is 0 Å². The predicted molar refractivity (Wildman–Crippen MR) is 53.3 cm³/mol. The van der Waals surface area contributed by atoms with Crippen LogP contribution in [0.5, 0.6) is 0 Å². The predicted octanol–water partition coefficient (Wildman–Crippen LogP) is -0.545. The molecular weight excluding hydrogens is 224 g/mol. The third-order valence-electron chi connectivity index (χ3n) is 1.22. The Morgan fingerprint density at radius 1 is 1.30 bits per heavy atom. The summed E-state index contributed by atoms with van der Waals surface area (Å²) in [5, 5.41) is 1.37. The first-order valence-electron chi connectivity index (χ1n) is 3.06. The molecule has 0 aliphatic rings. The molecule has 4 heteroatoms. The van der Waals surface area contributed by atoms with E-state index in [4.69, 9.17) is 4.12 Å². The Balaban J connectivity index is 2.69. The highest BCUT2D eigenvalue weighted by molar-refractivity contribution is 9.10. The van der Waals surface area contributed by atoms with Crippen LogP contribution in [-0.2, 0) is 4.12 Å². The molecule has 0 bridgehead atoms. The maximum absolute atomic E-state index is 5.23. The van der Waals surface area contributed by atoms with Crippen molar-refractivity contribution in [3.8, 4) is 0 Å². The molecule has 0 fully saturated rings. The van der Waals surface area contributed by atoms with Crippen molar-refractivity contribution < 1.29 is 4.12 Å². The van der Waals surface area contributed by atoms with Gasteiger partial charge in [-0.1, -0.05) is 28.1 Å². The zero-order valence-electron chi connectivity index (χ0n) is 5.80. The molecule has 0 aromatic heterocycles. The van der Waals surface area contributed by atoms with Crippen LogP contribution in [0.1, 0.15) is 0 Å². The minimum atomic E-state index is -0.376. The van der Waals surface area contributed by atoms with Crippen LogP contribution < -0.4 is 5.19 Å². The smallest absolute Gasteiger partial charge is 0.178 e. The van der Waals surface area contributed by atoms with Gasteiger partial charge in [-0.15, -0.1) is 0 Å². The van der Waals surface area contributed by atoms with Crippen LogP contribution in [0.3, 0.4) is 0 Å². The van der Waals surface area contributed by atoms with E-state index in [0.717, 1.165) is 15.0 Å². The Kier molecular flexibility index (Phi) is 3.34. The number of hydrogen-bond donors (Lipinski definition) is 0. The van der Waals surface area contributed by atoms with E-state index in [0.29, 0.717) is 0 Å². The first-order valence-corrected chi connectivity index (χ1v) is 5.95. The van der Waals surface area contributed by atoms with Crippen LogP contribution in [0, 0.1) is 0 Å². The summed E-state index contributed by atoms with van der Waals surface area (Å²) in [4.78, 5) is 0. The molecule has 10 heavy (non-hydrogen) atoms. The average Bonchev–Trinajstić information content (AvgIpc) is 1.95. The fourth-order valence-corrected chi connectivity index (χ4v) is 2.77. The molecule has 0 radical (unpaired) electrons. The normalized spacial score (nSPS) is 11.3. The maximum Gasteiger partial charge on any atom is 0.178 e. The van der Waals surface area contributed by atoms with Gasteiger partial charge in [-0.25, -0.2) is 0 Å². The van der Waals surface area contributed by atoms with Gasteiger partial charge in [-0.3, -0.25) is 0 Å². The van der Waals surface area contributed by atoms with E-state index in [-0.39, 0.29) is 9.76 Å². The van der Waals surface area contributed by atoms with Crippen molar-refractivity contribution in [3.05, 3.63) is 28.7 Å². The molecule has 0 aliphatic heterocycles. The molecule has 0 spiro atoms. The van der Waals surface area contributed by atoms with E-state index >= 15 is 0 Å². The Hall–Kier alpha value is 0.0938. The van der Waals surface area contributed by atoms with Crippen molar-refractivity contribution in [2.45, 2.75) is 0 Å². The number of benzene rings is 1. The molecule has 0 saturated carbocycles. The summed E-state index contributed by atoms with van der Waals surface area (Å²) in [5.41, 5.74) is 0. The number of rotatable bonds is 2. The molecule has 0 unspecified atom stereocenters. The van der Waals surface area contributed by atoms with E-state index in [1.165, 1.54) is 5.19 Å². The zero-order chi connectivity index (χ0) is 7.40. The highest BCUT2D eigenvalue weighted by Gasteiger charge is 1.90. The SMILES string of the molecule is [SiH3]O[SiH2]c1ccc(Br)cc1. The summed E-state index contributed by atoms with van der Waals surface area (Å²) >= 11 is 3.38. The Labute approximate surface area is 74.4 Å². The molecule has 0 N–H and O–H groups in total. The van der Waals surface area contributed by atoms with E-state index in [1.807, 2.05) is 0 Å². The van der Waals surface area contributed by atoms with Crippen LogP contribution in [0.4, 0.5) is 0 Å². The number of hydrogen-bond acceptors (Lipinski definition) is 1. The lowest BCUT2D eigenvalue weighted by Crippen LogP contribution is -2.15. The summed E-state index contributed by atoms with van der Waals surface area (Å²) in [6.45, 7) is 0. The quantitative estimate of drug-likeness (QED) is 0.623. The van der Waals surface area contributed by atoms with Gasteiger partial charge in [0.15, 0.2) is 9.76 Å². The average molecular weight is 233 g/mol. The van der Waals surface area contributed by atoms with Crippen LogP contribution in [0.15, 0.2) is 28.7 Å². The third kappa shape index (κ3) is 2.38. The van der Waals surface area contributed by atoms with Gasteiger partial charge in [0.05, 0.1) is 0 Å². The second-order valence-corrected chi connectivity index (χ2v) is 6.39. The Morgan fingerprint density at radius 3 is 2.40 bits per heavy atom. The van der Waals surface area contributed by atoms with E-state index < -0.39 is 0 Å². The minimum Gasteiger partial charge on any atom is -0.465 e. The molecule has 0 amide bonds. The van der Waals surface area contributed by atoms with Crippen molar-refractivity contribution in [3.63, 3.8) is 0 Å². The van der Waals surface area contributed by atoms with Gasteiger partial charge >= 0.3 is 0 Å². The lowest BCUT2D eigenvalue weighted by Gasteiger charge is -1.97. The maximum atomic E-state index is 5.23. The third-order valence-corrected chi connectivity index (χ3v) is 3.71. The number of halogens is 1. The van der Waals surface area contributed by atoms with E-state index in [1.54, 1.807) is 0 Å². The largest absolute Gasteiger partial charge is 0.465 e. The molecule has 1 aromatic carbocycles. The summed E-state index contributed by atoms with van der Waals surface area (Å²) < 4.78 is 6.37. The lowest BCUT2D eigenvalue weighted by molar-refractivity contribution is 0.676. The summed E-state index contributed by atoms with van der Waals surface area (Å²) in [7, 11) is 0.496. The van der Waals surface area contributed by atoms with Gasteiger partial charge in [0.1, 0.15) is 10.5 Å². The molecule has 0 heterocycles. The van der Waals surface area contributed by atoms with Crippen molar-refractivity contribution in [1.82, 2.24) is 0 Å². The van der Waals surface area contributed by atoms with Crippen molar-refractivity contribution in [2.75, 3.05) is 0 Å². The van der Waals surface area contributed by atoms with Crippen molar-refractivity contribution >= 4 is 41.4 Å². The highest BCUT2D eigenvalue weighted by atomic mass is 79.9. The van der Waals surface area contributed by atoms with E-state index in [2.05, 4.69) is 40.2 Å². The Morgan fingerprint density at radius 2 is 1.90 bits per heavy atom. The van der Waals surface area contributed by atoms with Crippen LogP contribution in [0.25, 0.3) is 0 Å². The van der Waals surface area contributed by atoms with Crippen molar-refractivity contribution in [1.29, 1.82) is 0 Å². The van der Waals surface area contributed by atoms with Gasteiger partial charge < -0.3 is 4.12 Å². The molecule has 54 valence electrons. The summed E-state index contributed by atoms with van der Waals surface area (Å²) in [6.07, 6.45) is 0. The molecule has 0 saturated heterocycles. The van der Waals surface area contributed by atoms with Crippen molar-refractivity contribution in [2.24, 2.45) is 0 Å². The molecule has 1 nitrogen and oxygen atoms in total. The van der Waals surface area contributed by atoms with Gasteiger partial charge in [-0.05, 0) is 17.3 Å². The second kappa shape index (κ2) is 4.07. The van der Waals surface area contributed by atoms with Crippen LogP contribution in [-0.4, -0.2) is 20.2 Å². The molecule has 1 aromatic rings. The molecule has 0 aliphatic carbocycles.